The van der Waals surface area contributed by atoms with Crippen LogP contribution >= 0.6 is 0 Å². The summed E-state index contributed by atoms with van der Waals surface area (Å²) in [5, 5.41) is 0. The second kappa shape index (κ2) is 11.8. The Morgan fingerprint density at radius 3 is 2.03 bits per heavy atom. The van der Waals surface area contributed by atoms with Crippen molar-refractivity contribution in [2.24, 2.45) is 0 Å². The molecule has 0 spiro atoms. The number of rotatable bonds is 9. The summed E-state index contributed by atoms with van der Waals surface area (Å²) in [4.78, 5) is 82.8. The molecular weight excluding hydrogens is 516 g/mol. The summed E-state index contributed by atoms with van der Waals surface area (Å²) in [5.41, 5.74) is 0.637. The zero-order valence-electron chi connectivity index (χ0n) is 22.2. The molecule has 1 aromatic rings. The zero-order valence-corrected chi connectivity index (χ0v) is 22.2. The molecule has 14 nitrogen and oxygen atoms in total. The molecule has 0 saturated carbocycles. The fourth-order valence-corrected chi connectivity index (χ4v) is 4.03. The molecule has 0 radical (unpaired) electrons. The van der Waals surface area contributed by atoms with Gasteiger partial charge < -0.3 is 23.5 Å². The third-order valence-electron chi connectivity index (χ3n) is 5.71. The first-order chi connectivity index (χ1) is 18.3. The van der Waals surface area contributed by atoms with Crippen LogP contribution in [0, 0.1) is 13.8 Å². The smallest absolute Gasteiger partial charge is 0.349 e. The van der Waals surface area contributed by atoms with Crippen LogP contribution in [0.3, 0.4) is 0 Å². The first-order valence-corrected chi connectivity index (χ1v) is 11.8. The van der Waals surface area contributed by atoms with Crippen LogP contribution in [0.15, 0.2) is 21.7 Å². The van der Waals surface area contributed by atoms with E-state index in [1.165, 1.54) is 4.57 Å². The second-order valence-corrected chi connectivity index (χ2v) is 8.86. The molecule has 0 amide bonds. The molecule has 2 heterocycles. The number of carbonyl (C=O) groups is 4. The molecule has 2 aliphatic heterocycles. The number of nitrogens with one attached hydrogen (secondary N) is 1. The van der Waals surface area contributed by atoms with Crippen molar-refractivity contribution in [3.63, 3.8) is 0 Å². The summed E-state index contributed by atoms with van der Waals surface area (Å²) in [6, 6.07) is 3.48. The highest BCUT2D eigenvalue weighted by Gasteiger charge is 2.39. The Morgan fingerprint density at radius 1 is 0.846 bits per heavy atom. The van der Waals surface area contributed by atoms with Gasteiger partial charge in [0.1, 0.15) is 6.61 Å². The third kappa shape index (κ3) is 7.03. The van der Waals surface area contributed by atoms with Crippen LogP contribution in [-0.2, 0) is 44.7 Å². The van der Waals surface area contributed by atoms with E-state index in [2.05, 4.69) is 15.0 Å². The molecule has 1 aromatic carbocycles. The van der Waals surface area contributed by atoms with Gasteiger partial charge in [0, 0.05) is 27.7 Å². The fourth-order valence-electron chi connectivity index (χ4n) is 4.03. The quantitative estimate of drug-likeness (QED) is 0.224. The summed E-state index contributed by atoms with van der Waals surface area (Å²) < 4.78 is 22.7. The van der Waals surface area contributed by atoms with Crippen LogP contribution in [0.1, 0.15) is 38.8 Å². The van der Waals surface area contributed by atoms with Crippen LogP contribution in [0.25, 0.3) is 22.6 Å². The van der Waals surface area contributed by atoms with Crippen LogP contribution in [0.4, 0.5) is 0 Å². The Kier molecular flexibility index (Phi) is 8.78. The van der Waals surface area contributed by atoms with Gasteiger partial charge in [0.05, 0.1) is 17.6 Å². The van der Waals surface area contributed by atoms with E-state index in [-0.39, 0.29) is 18.1 Å². The van der Waals surface area contributed by atoms with Crippen molar-refractivity contribution in [2.75, 3.05) is 6.61 Å². The third-order valence-corrected chi connectivity index (χ3v) is 5.71. The minimum atomic E-state index is -1.47. The number of nitrogens with zero attached hydrogens (tertiary/aromatic N) is 3. The molecule has 0 aliphatic carbocycles. The number of fused-ring (bicyclic) bond motifs is 2. The molecule has 0 saturated heterocycles. The summed E-state index contributed by atoms with van der Waals surface area (Å²) >= 11 is 0. The molecule has 3 atom stereocenters. The van der Waals surface area contributed by atoms with E-state index in [0.29, 0.717) is 11.0 Å². The highest BCUT2D eigenvalue weighted by atomic mass is 16.6. The predicted molar refractivity (Wildman–Crippen MR) is 134 cm³/mol. The highest BCUT2D eigenvalue weighted by Crippen LogP contribution is 2.26. The molecule has 1 N–H and O–H groups in total. The Hall–Kier alpha value is -4.62. The maximum absolute atomic E-state index is 12.6. The van der Waals surface area contributed by atoms with E-state index in [1.54, 1.807) is 12.1 Å². The highest BCUT2D eigenvalue weighted by molar-refractivity contribution is 5.81. The van der Waals surface area contributed by atoms with Gasteiger partial charge in [0.2, 0.25) is 0 Å². The normalized spacial score (nSPS) is 13.4. The van der Waals surface area contributed by atoms with Crippen LogP contribution in [0.5, 0.6) is 0 Å². The molecule has 0 aromatic heterocycles. The van der Waals surface area contributed by atoms with Gasteiger partial charge >= 0.3 is 29.6 Å². The van der Waals surface area contributed by atoms with Gasteiger partial charge in [-0.25, -0.2) is 9.78 Å². The minimum Gasteiger partial charge on any atom is -0.462 e. The molecule has 2 aliphatic rings. The molecule has 0 fully saturated rings. The fraction of sp³-hybridized carbons (Fsp3) is 0.440. The Morgan fingerprint density at radius 2 is 1.44 bits per heavy atom. The summed E-state index contributed by atoms with van der Waals surface area (Å²) in [5.74, 6) is -3.20. The monoisotopic (exact) mass is 544 g/mol. The molecule has 0 bridgehead atoms. The van der Waals surface area contributed by atoms with E-state index in [9.17, 15) is 28.8 Å². The van der Waals surface area contributed by atoms with Crippen LogP contribution in [-0.4, -0.2) is 68.3 Å². The van der Waals surface area contributed by atoms with Gasteiger partial charge in [0.15, 0.2) is 29.8 Å². The van der Waals surface area contributed by atoms with Crippen molar-refractivity contribution < 1.29 is 38.1 Å². The first-order valence-electron chi connectivity index (χ1n) is 11.8. The zero-order chi connectivity index (χ0) is 29.0. The lowest BCUT2D eigenvalue weighted by molar-refractivity contribution is -0.190. The lowest BCUT2D eigenvalue weighted by atomic mass is 10.1. The molecular formula is C25H28N4O10. The number of hydrogen-bond donors (Lipinski definition) is 1. The lowest BCUT2D eigenvalue weighted by Crippen LogP contribution is -2.49. The van der Waals surface area contributed by atoms with E-state index < -0.39 is 60.0 Å². The van der Waals surface area contributed by atoms with Gasteiger partial charge in [0.25, 0.3) is 5.56 Å². The second-order valence-electron chi connectivity index (χ2n) is 8.86. The Bertz CT molecular complexity index is 1530. The molecule has 0 unspecified atom stereocenters. The number of benzene rings is 1. The number of carbonyl (C=O) groups excluding carboxylic acids is 4. The van der Waals surface area contributed by atoms with E-state index in [1.807, 2.05) is 13.8 Å². The minimum absolute atomic E-state index is 0.123. The van der Waals surface area contributed by atoms with Gasteiger partial charge in [-0.3, -0.25) is 29.0 Å². The molecule has 208 valence electrons. The maximum Gasteiger partial charge on any atom is 0.349 e. The molecule has 14 heteroatoms. The Labute approximate surface area is 221 Å². The standard InChI is InChI=1S/C25H28N4O10/c1-11-7-17-18(8-12(11)2)29(23-21(26-17)24(34)28-25(35)27-23)9-19(37-14(4)31)22(39-16(6)33)20(38-15(5)32)10-36-13(3)30/h7-8,19-20,22H,9-10H2,1-6H3,(H,28,34,35)/t19-,20+,22-/m1/s1. The average Bonchev–Trinajstić information content (AvgIpc) is 2.80. The first kappa shape index (κ1) is 28.9. The largest absolute Gasteiger partial charge is 0.462 e. The van der Waals surface area contributed by atoms with E-state index in [0.717, 1.165) is 38.8 Å². The molecule has 39 heavy (non-hydrogen) atoms. The predicted octanol–water partition coefficient (Wildman–Crippen LogP) is 0.560. The van der Waals surface area contributed by atoms with Crippen molar-refractivity contribution in [3.8, 4) is 11.5 Å². The topological polar surface area (TPSA) is 186 Å². The van der Waals surface area contributed by atoms with Gasteiger partial charge in [-0.1, -0.05) is 0 Å². The van der Waals surface area contributed by atoms with Gasteiger partial charge in [-0.05, 0) is 37.1 Å². The van der Waals surface area contributed by atoms with Crippen LogP contribution in [0.2, 0.25) is 0 Å². The summed E-state index contributed by atoms with van der Waals surface area (Å²) in [7, 11) is 0. The van der Waals surface area contributed by atoms with E-state index >= 15 is 0 Å². The number of aryl methyl sites for hydroxylation is 2. The number of hydrogen-bond acceptors (Lipinski definition) is 12. The number of ether oxygens (including phenoxy) is 4. The molecule has 3 rings (SSSR count). The SMILES string of the molecule is CC(=O)OC[C@H](OC(C)=O)[C@H](OC(C)=O)[C@@H](Cn1c2nc(=O)[nH]c(=O)c-2nc2cc(C)c(C)cc21)OC(C)=O. The summed E-state index contributed by atoms with van der Waals surface area (Å²) in [6.45, 7) is 7.29. The number of H-pyrrole nitrogens is 1. The van der Waals surface area contributed by atoms with Crippen molar-refractivity contribution in [3.05, 3.63) is 44.1 Å². The number of aromatic nitrogens is 4. The van der Waals surface area contributed by atoms with Gasteiger partial charge in [-0.15, -0.1) is 0 Å². The van der Waals surface area contributed by atoms with Gasteiger partial charge in [-0.2, -0.15) is 4.98 Å². The van der Waals surface area contributed by atoms with Crippen molar-refractivity contribution in [2.45, 2.75) is 66.4 Å². The Balaban J connectivity index is 2.28. The summed E-state index contributed by atoms with van der Waals surface area (Å²) in [6.07, 6.45) is -4.22. The van der Waals surface area contributed by atoms with Crippen LogP contribution < -0.4 is 11.2 Å². The number of esters is 4. The lowest BCUT2D eigenvalue weighted by Gasteiger charge is -2.32. The van der Waals surface area contributed by atoms with E-state index in [4.69, 9.17) is 18.9 Å². The van der Waals surface area contributed by atoms with Crippen molar-refractivity contribution >= 4 is 34.9 Å². The van der Waals surface area contributed by atoms with Crippen molar-refractivity contribution in [1.29, 1.82) is 0 Å². The maximum atomic E-state index is 12.6. The average molecular weight is 545 g/mol. The van der Waals surface area contributed by atoms with Crippen molar-refractivity contribution in [1.82, 2.24) is 19.5 Å². The number of aromatic amines is 1.